The number of nitrogen functional groups attached to an aromatic ring is 1. The Morgan fingerprint density at radius 2 is 2.12 bits per heavy atom. The SMILES string of the molecule is Cc1cnc(N)c(C(=O)c2ccncc2F)c1. The van der Waals surface area contributed by atoms with Crippen LogP contribution in [-0.2, 0) is 0 Å². The topological polar surface area (TPSA) is 68.9 Å². The van der Waals surface area contributed by atoms with E-state index in [2.05, 4.69) is 9.97 Å². The first-order valence-electron chi connectivity index (χ1n) is 4.96. The van der Waals surface area contributed by atoms with E-state index in [9.17, 15) is 9.18 Å². The van der Waals surface area contributed by atoms with Crippen LogP contribution in [0.15, 0.2) is 30.7 Å². The van der Waals surface area contributed by atoms with E-state index in [-0.39, 0.29) is 16.9 Å². The molecule has 2 rings (SSSR count). The zero-order valence-electron chi connectivity index (χ0n) is 9.14. The molecule has 0 bridgehead atoms. The molecule has 0 fully saturated rings. The summed E-state index contributed by atoms with van der Waals surface area (Å²) in [7, 11) is 0. The van der Waals surface area contributed by atoms with Crippen LogP contribution in [0.3, 0.4) is 0 Å². The monoisotopic (exact) mass is 231 g/mol. The van der Waals surface area contributed by atoms with Crippen LogP contribution in [0.25, 0.3) is 0 Å². The van der Waals surface area contributed by atoms with Gasteiger partial charge in [-0.15, -0.1) is 0 Å². The number of anilines is 1. The number of hydrogen-bond donors (Lipinski definition) is 1. The summed E-state index contributed by atoms with van der Waals surface area (Å²) in [6.07, 6.45) is 3.90. The Labute approximate surface area is 97.3 Å². The van der Waals surface area contributed by atoms with Crippen molar-refractivity contribution in [3.63, 3.8) is 0 Å². The maximum absolute atomic E-state index is 13.4. The van der Waals surface area contributed by atoms with Gasteiger partial charge in [0.25, 0.3) is 0 Å². The van der Waals surface area contributed by atoms with Gasteiger partial charge in [0.2, 0.25) is 0 Å². The lowest BCUT2D eigenvalue weighted by atomic mass is 10.0. The summed E-state index contributed by atoms with van der Waals surface area (Å²) in [5.74, 6) is -1.06. The molecule has 0 aliphatic rings. The van der Waals surface area contributed by atoms with Crippen molar-refractivity contribution >= 4 is 11.6 Å². The van der Waals surface area contributed by atoms with Crippen molar-refractivity contribution in [3.8, 4) is 0 Å². The Balaban J connectivity index is 2.51. The number of rotatable bonds is 2. The van der Waals surface area contributed by atoms with Crippen molar-refractivity contribution in [2.75, 3.05) is 5.73 Å². The molecule has 0 amide bonds. The second-order valence-electron chi connectivity index (χ2n) is 3.63. The van der Waals surface area contributed by atoms with E-state index in [0.29, 0.717) is 0 Å². The number of nitrogens with two attached hydrogens (primary N) is 1. The highest BCUT2D eigenvalue weighted by atomic mass is 19.1. The van der Waals surface area contributed by atoms with Gasteiger partial charge >= 0.3 is 0 Å². The fraction of sp³-hybridized carbons (Fsp3) is 0.0833. The number of carbonyl (C=O) groups excluding carboxylic acids is 1. The minimum Gasteiger partial charge on any atom is -0.383 e. The lowest BCUT2D eigenvalue weighted by Crippen LogP contribution is -2.09. The predicted octanol–water partition coefficient (Wildman–Crippen LogP) is 1.74. The summed E-state index contributed by atoms with van der Waals surface area (Å²) in [6.45, 7) is 1.78. The fourth-order valence-electron chi connectivity index (χ4n) is 1.47. The minimum atomic E-state index is -0.668. The molecule has 5 heteroatoms. The van der Waals surface area contributed by atoms with Crippen molar-refractivity contribution in [2.45, 2.75) is 6.92 Å². The van der Waals surface area contributed by atoms with Crippen LogP contribution >= 0.6 is 0 Å². The maximum atomic E-state index is 13.4. The normalized spacial score (nSPS) is 10.2. The third-order valence-electron chi connectivity index (χ3n) is 2.32. The summed E-state index contributed by atoms with van der Waals surface area (Å²) >= 11 is 0. The van der Waals surface area contributed by atoms with Crippen molar-refractivity contribution in [3.05, 3.63) is 53.2 Å². The second kappa shape index (κ2) is 4.29. The van der Waals surface area contributed by atoms with Gasteiger partial charge in [-0.05, 0) is 24.6 Å². The lowest BCUT2D eigenvalue weighted by molar-refractivity contribution is 0.103. The number of pyridine rings is 2. The Kier molecular flexibility index (Phi) is 2.82. The number of ketones is 1. The fourth-order valence-corrected chi connectivity index (χ4v) is 1.47. The van der Waals surface area contributed by atoms with Gasteiger partial charge in [0, 0.05) is 12.4 Å². The highest BCUT2D eigenvalue weighted by Gasteiger charge is 2.17. The number of halogens is 1. The Bertz CT molecular complexity index is 584. The first-order chi connectivity index (χ1) is 8.09. The molecule has 17 heavy (non-hydrogen) atoms. The highest BCUT2D eigenvalue weighted by molar-refractivity contribution is 6.11. The van der Waals surface area contributed by atoms with Crippen molar-refractivity contribution in [2.24, 2.45) is 0 Å². The average molecular weight is 231 g/mol. The molecule has 0 unspecified atom stereocenters. The Hall–Kier alpha value is -2.30. The van der Waals surface area contributed by atoms with Crippen LogP contribution in [0.5, 0.6) is 0 Å². The number of nitrogens with zero attached hydrogens (tertiary/aromatic N) is 2. The summed E-state index contributed by atoms with van der Waals surface area (Å²) in [5, 5.41) is 0. The average Bonchev–Trinajstić information content (AvgIpc) is 2.32. The molecule has 0 spiro atoms. The van der Waals surface area contributed by atoms with Gasteiger partial charge in [-0.2, -0.15) is 0 Å². The van der Waals surface area contributed by atoms with Crippen LogP contribution in [0, 0.1) is 12.7 Å². The van der Waals surface area contributed by atoms with Crippen LogP contribution in [-0.4, -0.2) is 15.8 Å². The molecule has 2 aromatic rings. The quantitative estimate of drug-likeness (QED) is 0.799. The Morgan fingerprint density at radius 1 is 1.35 bits per heavy atom. The van der Waals surface area contributed by atoms with E-state index in [1.54, 1.807) is 19.2 Å². The van der Waals surface area contributed by atoms with Gasteiger partial charge < -0.3 is 5.73 Å². The molecule has 4 nitrogen and oxygen atoms in total. The largest absolute Gasteiger partial charge is 0.383 e. The Morgan fingerprint density at radius 3 is 2.82 bits per heavy atom. The molecule has 86 valence electrons. The molecular weight excluding hydrogens is 221 g/mol. The van der Waals surface area contributed by atoms with Crippen LogP contribution in [0.1, 0.15) is 21.5 Å². The zero-order valence-corrected chi connectivity index (χ0v) is 9.14. The summed E-state index contributed by atoms with van der Waals surface area (Å²) in [6, 6.07) is 2.91. The van der Waals surface area contributed by atoms with Gasteiger partial charge in [0.1, 0.15) is 5.82 Å². The minimum absolute atomic E-state index is 0.0564. The maximum Gasteiger partial charge on any atom is 0.199 e. The predicted molar refractivity (Wildman–Crippen MR) is 61.0 cm³/mol. The van der Waals surface area contributed by atoms with Gasteiger partial charge in [-0.25, -0.2) is 9.37 Å². The van der Waals surface area contributed by atoms with Gasteiger partial charge in [-0.3, -0.25) is 9.78 Å². The van der Waals surface area contributed by atoms with Crippen molar-refractivity contribution in [1.29, 1.82) is 0 Å². The van der Waals surface area contributed by atoms with E-state index >= 15 is 0 Å². The first-order valence-corrected chi connectivity index (χ1v) is 4.96. The molecule has 0 aliphatic carbocycles. The van der Waals surface area contributed by atoms with Crippen LogP contribution < -0.4 is 5.73 Å². The number of aryl methyl sites for hydroxylation is 1. The van der Waals surface area contributed by atoms with E-state index in [1.807, 2.05) is 0 Å². The smallest absolute Gasteiger partial charge is 0.199 e. The molecule has 0 aromatic carbocycles. The first kappa shape index (κ1) is 11.2. The van der Waals surface area contributed by atoms with Gasteiger partial charge in [0.05, 0.1) is 17.3 Å². The molecule has 2 aromatic heterocycles. The van der Waals surface area contributed by atoms with Crippen LogP contribution in [0.2, 0.25) is 0 Å². The molecule has 0 atom stereocenters. The standard InChI is InChI=1S/C12H10FN3O/c1-7-4-9(12(14)16-5-7)11(17)8-2-3-15-6-10(8)13/h2-6H,1H3,(H2,14,16). The van der Waals surface area contributed by atoms with Crippen molar-refractivity contribution in [1.82, 2.24) is 9.97 Å². The van der Waals surface area contributed by atoms with Gasteiger partial charge in [0.15, 0.2) is 11.6 Å². The van der Waals surface area contributed by atoms with Crippen LogP contribution in [0.4, 0.5) is 10.2 Å². The molecule has 2 heterocycles. The molecular formula is C12H10FN3O. The summed E-state index contributed by atoms with van der Waals surface area (Å²) in [4.78, 5) is 19.5. The second-order valence-corrected chi connectivity index (χ2v) is 3.63. The summed E-state index contributed by atoms with van der Waals surface area (Å²) < 4.78 is 13.4. The number of hydrogen-bond acceptors (Lipinski definition) is 4. The van der Waals surface area contributed by atoms with Crippen molar-refractivity contribution < 1.29 is 9.18 Å². The number of aromatic nitrogens is 2. The lowest BCUT2D eigenvalue weighted by Gasteiger charge is -2.05. The molecule has 2 N–H and O–H groups in total. The van der Waals surface area contributed by atoms with E-state index < -0.39 is 11.6 Å². The molecule has 0 radical (unpaired) electrons. The molecule has 0 saturated heterocycles. The molecule has 0 saturated carbocycles. The van der Waals surface area contributed by atoms with Gasteiger partial charge in [-0.1, -0.05) is 0 Å². The molecule has 0 aliphatic heterocycles. The zero-order chi connectivity index (χ0) is 12.4. The third kappa shape index (κ3) is 2.13. The van der Waals surface area contributed by atoms with E-state index in [1.165, 1.54) is 12.3 Å². The van der Waals surface area contributed by atoms with E-state index in [4.69, 9.17) is 5.73 Å². The highest BCUT2D eigenvalue weighted by Crippen LogP contribution is 2.17. The summed E-state index contributed by atoms with van der Waals surface area (Å²) in [5.41, 5.74) is 6.54. The third-order valence-corrected chi connectivity index (χ3v) is 2.32. The van der Waals surface area contributed by atoms with E-state index in [0.717, 1.165) is 11.8 Å². The number of carbonyl (C=O) groups is 1.